The van der Waals surface area contributed by atoms with Crippen molar-refractivity contribution in [1.82, 2.24) is 15.1 Å². The highest BCUT2D eigenvalue weighted by Crippen LogP contribution is 2.55. The number of ether oxygens (including phenoxy) is 1. The number of fused-ring (bicyclic) bond motifs is 1. The molecule has 9 heteroatoms. The molecular weight excluding hydrogens is 504 g/mol. The summed E-state index contributed by atoms with van der Waals surface area (Å²) in [4.78, 5) is 45.6. The summed E-state index contributed by atoms with van der Waals surface area (Å²) in [5, 5.41) is 6.70. The van der Waals surface area contributed by atoms with Gasteiger partial charge in [-0.25, -0.2) is 0 Å². The Morgan fingerprint density at radius 2 is 1.79 bits per heavy atom. The highest BCUT2D eigenvalue weighted by atomic mass is 35.5. The molecule has 6 rings (SSSR count). The molecule has 1 aliphatic carbocycles. The molecule has 0 unspecified atom stereocenters. The molecule has 0 radical (unpaired) electrons. The van der Waals surface area contributed by atoms with Crippen LogP contribution in [0.15, 0.2) is 36.4 Å². The van der Waals surface area contributed by atoms with Crippen LogP contribution in [0.2, 0.25) is 5.02 Å². The van der Waals surface area contributed by atoms with Crippen molar-refractivity contribution in [3.05, 3.63) is 41.4 Å². The van der Waals surface area contributed by atoms with Crippen molar-refractivity contribution in [2.75, 3.05) is 31.5 Å². The lowest BCUT2D eigenvalue weighted by molar-refractivity contribution is -0.141. The minimum absolute atomic E-state index is 0.121. The van der Waals surface area contributed by atoms with Crippen LogP contribution in [0, 0.1) is 11.8 Å². The molecule has 8 nitrogen and oxygen atoms in total. The molecule has 0 aromatic heterocycles. The summed E-state index contributed by atoms with van der Waals surface area (Å²) in [5.74, 6) is -2.06. The van der Waals surface area contributed by atoms with E-state index >= 15 is 0 Å². The summed E-state index contributed by atoms with van der Waals surface area (Å²) in [5.41, 5.74) is -0.555. The van der Waals surface area contributed by atoms with Crippen LogP contribution in [0.5, 0.6) is 0 Å². The summed E-state index contributed by atoms with van der Waals surface area (Å²) in [6.45, 7) is 3.19. The largest absolute Gasteiger partial charge is 0.359 e. The summed E-state index contributed by atoms with van der Waals surface area (Å²) >= 11 is 6.12. The topological polar surface area (TPSA) is 91.0 Å². The fourth-order valence-electron chi connectivity index (χ4n) is 7.26. The van der Waals surface area contributed by atoms with Crippen molar-refractivity contribution in [3.63, 3.8) is 0 Å². The van der Waals surface area contributed by atoms with Gasteiger partial charge in [-0.1, -0.05) is 55.5 Å². The Hall–Kier alpha value is -2.42. The predicted octanol–water partition coefficient (Wildman–Crippen LogP) is 3.36. The first-order valence-corrected chi connectivity index (χ1v) is 14.6. The number of carbonyl (C=O) groups is 3. The standard InChI is InChI=1S/C29H37ClN4O4/c30-19-8-7-11-21(18-19)32-26(35)23-22-12-13-29(38-22)24(23)28(37)34(17-16-33-14-5-2-6-15-33)25(29)27(36)31-20-9-3-1-4-10-20/h7-8,11-13,18,20,22-25H,1-6,9-10,14-17H2,(H,31,36)(H,32,35)/t22-,23-,24-,25-,29-/m0/s1. The van der Waals surface area contributed by atoms with Crippen LogP contribution in [-0.4, -0.2) is 77.5 Å². The second kappa shape index (κ2) is 10.6. The molecule has 1 saturated carbocycles. The van der Waals surface area contributed by atoms with E-state index in [4.69, 9.17) is 16.3 Å². The van der Waals surface area contributed by atoms with Crippen LogP contribution >= 0.6 is 11.6 Å². The normalized spacial score (nSPS) is 33.0. The molecule has 1 aromatic carbocycles. The molecule has 4 aliphatic heterocycles. The first-order chi connectivity index (χ1) is 18.5. The van der Waals surface area contributed by atoms with Gasteiger partial charge >= 0.3 is 0 Å². The zero-order valence-electron chi connectivity index (χ0n) is 21.7. The lowest BCUT2D eigenvalue weighted by atomic mass is 9.74. The summed E-state index contributed by atoms with van der Waals surface area (Å²) in [7, 11) is 0. The van der Waals surface area contributed by atoms with Crippen molar-refractivity contribution in [3.8, 4) is 0 Å². The molecule has 5 atom stereocenters. The molecule has 1 aromatic rings. The minimum Gasteiger partial charge on any atom is -0.359 e. The Morgan fingerprint density at radius 3 is 2.55 bits per heavy atom. The molecule has 5 aliphatic rings. The van der Waals surface area contributed by atoms with Crippen molar-refractivity contribution < 1.29 is 19.1 Å². The van der Waals surface area contributed by atoms with E-state index < -0.39 is 29.6 Å². The van der Waals surface area contributed by atoms with Crippen LogP contribution in [0.1, 0.15) is 51.4 Å². The number of rotatable bonds is 7. The smallest absolute Gasteiger partial charge is 0.246 e. The molecular formula is C29H37ClN4O4. The van der Waals surface area contributed by atoms with Gasteiger partial charge in [0.2, 0.25) is 17.7 Å². The third-order valence-corrected chi connectivity index (χ3v) is 9.31. The van der Waals surface area contributed by atoms with Gasteiger partial charge in [0.15, 0.2) is 0 Å². The monoisotopic (exact) mass is 540 g/mol. The number of likely N-dealkylation sites (tertiary alicyclic amines) is 2. The maximum Gasteiger partial charge on any atom is 0.246 e. The van der Waals surface area contributed by atoms with Gasteiger partial charge in [0.05, 0.1) is 17.9 Å². The Balaban J connectivity index is 1.27. The molecule has 2 bridgehead atoms. The van der Waals surface area contributed by atoms with E-state index in [1.807, 2.05) is 12.2 Å². The predicted molar refractivity (Wildman–Crippen MR) is 145 cm³/mol. The van der Waals surface area contributed by atoms with E-state index in [9.17, 15) is 14.4 Å². The Bertz CT molecular complexity index is 1120. The average Bonchev–Trinajstić information content (AvgIpc) is 3.56. The van der Waals surface area contributed by atoms with Crippen LogP contribution < -0.4 is 10.6 Å². The Labute approximate surface area is 229 Å². The van der Waals surface area contributed by atoms with Gasteiger partial charge in [-0.2, -0.15) is 0 Å². The van der Waals surface area contributed by atoms with Crippen molar-refractivity contribution >= 4 is 35.0 Å². The number of benzene rings is 1. The number of nitrogens with one attached hydrogen (secondary N) is 2. The average molecular weight is 541 g/mol. The number of nitrogens with zero attached hydrogens (tertiary/aromatic N) is 2. The molecule has 4 heterocycles. The molecule has 3 saturated heterocycles. The number of hydrogen-bond donors (Lipinski definition) is 2. The zero-order chi connectivity index (χ0) is 26.3. The number of carbonyl (C=O) groups excluding carboxylic acids is 3. The molecule has 38 heavy (non-hydrogen) atoms. The number of piperidine rings is 1. The molecule has 4 fully saturated rings. The number of halogens is 1. The number of amides is 3. The quantitative estimate of drug-likeness (QED) is 0.518. The molecule has 2 N–H and O–H groups in total. The van der Waals surface area contributed by atoms with E-state index in [0.29, 0.717) is 23.8 Å². The summed E-state index contributed by atoms with van der Waals surface area (Å²) < 4.78 is 6.46. The van der Waals surface area contributed by atoms with Gasteiger partial charge in [0, 0.05) is 29.8 Å². The van der Waals surface area contributed by atoms with Gasteiger partial charge in [-0.3, -0.25) is 14.4 Å². The molecule has 204 valence electrons. The van der Waals surface area contributed by atoms with Crippen LogP contribution in [0.4, 0.5) is 5.69 Å². The van der Waals surface area contributed by atoms with Gasteiger partial charge in [-0.15, -0.1) is 0 Å². The van der Waals surface area contributed by atoms with Gasteiger partial charge < -0.3 is 25.2 Å². The summed E-state index contributed by atoms with van der Waals surface area (Å²) in [6.07, 6.45) is 12.1. The number of hydrogen-bond acceptors (Lipinski definition) is 5. The van der Waals surface area contributed by atoms with Crippen molar-refractivity contribution in [2.45, 2.75) is 75.2 Å². The molecule has 1 spiro atoms. The SMILES string of the molecule is O=C(Nc1cccc(Cl)c1)[C@H]1[C@@H]2C=C[C@]3(O2)[C@@H]1C(=O)N(CCN1CCCCC1)[C@H]3C(=O)NC1CCCCC1. The first-order valence-electron chi connectivity index (χ1n) is 14.2. The third-order valence-electron chi connectivity index (χ3n) is 9.07. The second-order valence-electron chi connectivity index (χ2n) is 11.5. The van der Waals surface area contributed by atoms with E-state index in [1.54, 1.807) is 29.2 Å². The highest BCUT2D eigenvalue weighted by Gasteiger charge is 2.72. The van der Waals surface area contributed by atoms with Gasteiger partial charge in [-0.05, 0) is 57.0 Å². The van der Waals surface area contributed by atoms with Gasteiger partial charge in [0.1, 0.15) is 11.6 Å². The van der Waals surface area contributed by atoms with E-state index in [-0.39, 0.29) is 23.8 Å². The Morgan fingerprint density at radius 1 is 1.03 bits per heavy atom. The lowest BCUT2D eigenvalue weighted by Gasteiger charge is -2.35. The summed E-state index contributed by atoms with van der Waals surface area (Å²) in [6, 6.07) is 6.30. The maximum absolute atomic E-state index is 14.1. The second-order valence-corrected chi connectivity index (χ2v) is 11.9. The molecule has 3 amide bonds. The van der Waals surface area contributed by atoms with Crippen LogP contribution in [0.3, 0.4) is 0 Å². The fraction of sp³-hybridized carbons (Fsp3) is 0.621. The highest BCUT2D eigenvalue weighted by molar-refractivity contribution is 6.30. The van der Waals surface area contributed by atoms with Crippen LogP contribution in [0.25, 0.3) is 0 Å². The third kappa shape index (κ3) is 4.65. The number of anilines is 1. The Kier molecular flexibility index (Phi) is 7.22. The van der Waals surface area contributed by atoms with E-state index in [2.05, 4.69) is 15.5 Å². The van der Waals surface area contributed by atoms with Crippen molar-refractivity contribution in [1.29, 1.82) is 0 Å². The first kappa shape index (κ1) is 25.8. The van der Waals surface area contributed by atoms with Gasteiger partial charge in [0.25, 0.3) is 0 Å². The van der Waals surface area contributed by atoms with E-state index in [1.165, 1.54) is 12.8 Å². The zero-order valence-corrected chi connectivity index (χ0v) is 22.5. The van der Waals surface area contributed by atoms with E-state index in [0.717, 1.165) is 51.6 Å². The fourth-order valence-corrected chi connectivity index (χ4v) is 7.45. The lowest BCUT2D eigenvalue weighted by Crippen LogP contribution is -2.57. The minimum atomic E-state index is -1.13. The maximum atomic E-state index is 14.1. The van der Waals surface area contributed by atoms with Crippen molar-refractivity contribution in [2.24, 2.45) is 11.8 Å². The van der Waals surface area contributed by atoms with Crippen LogP contribution in [-0.2, 0) is 19.1 Å².